The number of hydrogen-bond donors (Lipinski definition) is 2. The number of H-pyrrole nitrogens is 2. The number of benzene rings is 2. The minimum Gasteiger partial charge on any atom is -0.414 e. The molecule has 2 aromatic heterocycles. The van der Waals surface area contributed by atoms with Crippen molar-refractivity contribution >= 4 is 30.1 Å². The molecule has 0 saturated carbocycles. The standard InChI is InChI=1S/C31H40N2O4Si/c1-30(2,3)38(6,7)34-18-25-27-29(37-31(4,5)36-27)28(35-25)26(21-16-32-23-14-10-8-12-19(21)23)22-17-33-24-15-11-9-13-20(22)24/h8-17,25-29,32-33H,18H2,1-7H3/t25-,27-,28-,29-/m0/s1. The second-order valence-electron chi connectivity index (χ2n) is 12.8. The molecule has 0 bridgehead atoms. The smallest absolute Gasteiger partial charge is 0.192 e. The fourth-order valence-electron chi connectivity index (χ4n) is 5.85. The normalized spacial score (nSPS) is 25.6. The predicted molar refractivity (Wildman–Crippen MR) is 154 cm³/mol. The van der Waals surface area contributed by atoms with Gasteiger partial charge in [-0.3, -0.25) is 0 Å². The van der Waals surface area contributed by atoms with E-state index in [1.54, 1.807) is 0 Å². The third-order valence-electron chi connectivity index (χ3n) is 8.84. The van der Waals surface area contributed by atoms with Crippen LogP contribution in [-0.4, -0.2) is 55.1 Å². The van der Waals surface area contributed by atoms with Crippen LogP contribution in [0.25, 0.3) is 21.8 Å². The van der Waals surface area contributed by atoms with E-state index < -0.39 is 14.1 Å². The van der Waals surface area contributed by atoms with Crippen molar-refractivity contribution in [3.8, 4) is 0 Å². The number of aromatic nitrogens is 2. The molecule has 2 aromatic carbocycles. The third kappa shape index (κ3) is 4.34. The Bertz CT molecular complexity index is 1370. The maximum atomic E-state index is 6.96. The van der Waals surface area contributed by atoms with Gasteiger partial charge in [0.15, 0.2) is 14.1 Å². The van der Waals surface area contributed by atoms with Crippen LogP contribution >= 0.6 is 0 Å². The fraction of sp³-hybridized carbons (Fsp3) is 0.484. The van der Waals surface area contributed by atoms with Gasteiger partial charge in [-0.2, -0.15) is 0 Å². The third-order valence-corrected chi connectivity index (χ3v) is 13.3. The van der Waals surface area contributed by atoms with Gasteiger partial charge < -0.3 is 28.6 Å². The number of nitrogens with one attached hydrogen (secondary N) is 2. The summed E-state index contributed by atoms with van der Waals surface area (Å²) < 4.78 is 26.7. The van der Waals surface area contributed by atoms with Crippen LogP contribution < -0.4 is 0 Å². The number of hydrogen-bond acceptors (Lipinski definition) is 4. The Labute approximate surface area is 226 Å². The van der Waals surface area contributed by atoms with Crippen molar-refractivity contribution in [3.05, 3.63) is 72.1 Å². The van der Waals surface area contributed by atoms with Gasteiger partial charge in [0, 0.05) is 40.1 Å². The molecule has 2 aliphatic rings. The van der Waals surface area contributed by atoms with Gasteiger partial charge in [0.25, 0.3) is 0 Å². The highest BCUT2D eigenvalue weighted by molar-refractivity contribution is 6.74. The highest BCUT2D eigenvalue weighted by Crippen LogP contribution is 2.48. The summed E-state index contributed by atoms with van der Waals surface area (Å²) >= 11 is 0. The summed E-state index contributed by atoms with van der Waals surface area (Å²) in [5, 5.41) is 2.51. The highest BCUT2D eigenvalue weighted by atomic mass is 28.4. The zero-order chi connectivity index (χ0) is 26.9. The summed E-state index contributed by atoms with van der Waals surface area (Å²) in [4.78, 5) is 6.99. The number of ether oxygens (including phenoxy) is 3. The fourth-order valence-corrected chi connectivity index (χ4v) is 6.86. The van der Waals surface area contributed by atoms with Crippen molar-refractivity contribution in [3.63, 3.8) is 0 Å². The first-order valence-corrected chi connectivity index (χ1v) is 16.6. The maximum Gasteiger partial charge on any atom is 0.192 e. The summed E-state index contributed by atoms with van der Waals surface area (Å²) in [7, 11) is -1.97. The molecule has 2 aliphatic heterocycles. The van der Waals surface area contributed by atoms with Crippen LogP contribution in [0.2, 0.25) is 18.1 Å². The molecule has 0 radical (unpaired) electrons. The zero-order valence-electron chi connectivity index (χ0n) is 23.5. The first-order valence-electron chi connectivity index (χ1n) is 13.7. The van der Waals surface area contributed by atoms with Gasteiger partial charge >= 0.3 is 0 Å². The lowest BCUT2D eigenvalue weighted by molar-refractivity contribution is -0.190. The van der Waals surface area contributed by atoms with Crippen LogP contribution in [0.3, 0.4) is 0 Å². The van der Waals surface area contributed by atoms with Crippen molar-refractivity contribution in [2.75, 3.05) is 6.61 Å². The summed E-state index contributed by atoms with van der Waals surface area (Å²) in [6, 6.07) is 16.9. The van der Waals surface area contributed by atoms with E-state index in [0.29, 0.717) is 6.61 Å². The summed E-state index contributed by atoms with van der Waals surface area (Å²) in [5.41, 5.74) is 4.63. The molecule has 4 heterocycles. The molecule has 2 N–H and O–H groups in total. The van der Waals surface area contributed by atoms with E-state index in [2.05, 4.69) is 105 Å². The van der Waals surface area contributed by atoms with Crippen LogP contribution in [0.5, 0.6) is 0 Å². The molecule has 0 aliphatic carbocycles. The lowest BCUT2D eigenvalue weighted by Gasteiger charge is -2.37. The molecule has 2 saturated heterocycles. The van der Waals surface area contributed by atoms with Gasteiger partial charge in [-0.25, -0.2) is 0 Å². The maximum absolute atomic E-state index is 6.96. The van der Waals surface area contributed by atoms with E-state index in [-0.39, 0.29) is 35.4 Å². The van der Waals surface area contributed by atoms with Crippen LogP contribution in [0.4, 0.5) is 0 Å². The number of aromatic amines is 2. The SMILES string of the molecule is CC1(C)O[C@@H]2[C@H](O1)[C@H](C(c1c[nH]c3ccccc13)c1c[nH]c3ccccc13)O[C@H]2CO[Si](C)(C)C(C)(C)C. The minimum absolute atomic E-state index is 0.0647. The Morgan fingerprint density at radius 1 is 0.868 bits per heavy atom. The van der Waals surface area contributed by atoms with Crippen molar-refractivity contribution in [1.82, 2.24) is 9.97 Å². The average Bonchev–Trinajstić information content (AvgIpc) is 3.61. The monoisotopic (exact) mass is 532 g/mol. The number of para-hydroxylation sites is 2. The quantitative estimate of drug-likeness (QED) is 0.260. The first kappa shape index (κ1) is 25.8. The van der Waals surface area contributed by atoms with E-state index >= 15 is 0 Å². The van der Waals surface area contributed by atoms with Gasteiger partial charge in [0.05, 0.1) is 12.7 Å². The lowest BCUT2D eigenvalue weighted by Crippen LogP contribution is -2.44. The second kappa shape index (κ2) is 9.06. The second-order valence-corrected chi connectivity index (χ2v) is 17.6. The predicted octanol–water partition coefficient (Wildman–Crippen LogP) is 7.09. The molecule has 38 heavy (non-hydrogen) atoms. The van der Waals surface area contributed by atoms with Gasteiger partial charge in [0.2, 0.25) is 0 Å². The van der Waals surface area contributed by atoms with Gasteiger partial charge in [-0.15, -0.1) is 0 Å². The molecule has 6 nitrogen and oxygen atoms in total. The van der Waals surface area contributed by atoms with Crippen LogP contribution in [0.15, 0.2) is 60.9 Å². The van der Waals surface area contributed by atoms with E-state index in [1.807, 2.05) is 13.8 Å². The van der Waals surface area contributed by atoms with E-state index in [9.17, 15) is 0 Å². The molecule has 2 fully saturated rings. The van der Waals surface area contributed by atoms with Crippen LogP contribution in [0.1, 0.15) is 51.7 Å². The van der Waals surface area contributed by atoms with Gasteiger partial charge in [-0.05, 0) is 55.2 Å². The van der Waals surface area contributed by atoms with Gasteiger partial charge in [0.1, 0.15) is 18.3 Å². The van der Waals surface area contributed by atoms with Crippen LogP contribution in [-0.2, 0) is 18.6 Å². The van der Waals surface area contributed by atoms with Crippen molar-refractivity contribution in [2.45, 2.75) is 88.9 Å². The number of fused-ring (bicyclic) bond motifs is 3. The number of rotatable bonds is 6. The molecule has 202 valence electrons. The Balaban J connectivity index is 1.43. The molecular formula is C31H40N2O4Si. The topological polar surface area (TPSA) is 68.5 Å². The van der Waals surface area contributed by atoms with E-state index in [0.717, 1.165) is 11.0 Å². The van der Waals surface area contributed by atoms with Crippen molar-refractivity contribution in [1.29, 1.82) is 0 Å². The summed E-state index contributed by atoms with van der Waals surface area (Å²) in [5.74, 6) is -0.748. The Hall–Kier alpha value is -2.42. The zero-order valence-corrected chi connectivity index (χ0v) is 24.5. The van der Waals surface area contributed by atoms with Gasteiger partial charge in [-0.1, -0.05) is 57.2 Å². The molecule has 7 heteroatoms. The van der Waals surface area contributed by atoms with Crippen molar-refractivity contribution in [2.24, 2.45) is 0 Å². The largest absolute Gasteiger partial charge is 0.414 e. The van der Waals surface area contributed by atoms with E-state index in [1.165, 1.54) is 21.9 Å². The molecular weight excluding hydrogens is 492 g/mol. The Morgan fingerprint density at radius 2 is 1.39 bits per heavy atom. The lowest BCUT2D eigenvalue weighted by atomic mass is 9.83. The Kier molecular flexibility index (Phi) is 6.16. The molecule has 0 spiro atoms. The van der Waals surface area contributed by atoms with Crippen molar-refractivity contribution < 1.29 is 18.6 Å². The average molecular weight is 533 g/mol. The molecule has 4 atom stereocenters. The Morgan fingerprint density at radius 3 is 1.95 bits per heavy atom. The van der Waals surface area contributed by atoms with Crippen LogP contribution in [0, 0.1) is 0 Å². The molecule has 0 amide bonds. The van der Waals surface area contributed by atoms with E-state index in [4.69, 9.17) is 18.6 Å². The molecule has 0 unspecified atom stereocenters. The highest BCUT2D eigenvalue weighted by Gasteiger charge is 2.58. The molecule has 4 aromatic rings. The minimum atomic E-state index is -1.97. The summed E-state index contributed by atoms with van der Waals surface area (Å²) in [6.07, 6.45) is 3.40. The molecule has 6 rings (SSSR count). The first-order chi connectivity index (χ1) is 18.0. The summed E-state index contributed by atoms with van der Waals surface area (Å²) in [6.45, 7) is 15.9.